The Morgan fingerprint density at radius 3 is 2.89 bits per heavy atom. The highest BCUT2D eigenvalue weighted by molar-refractivity contribution is 7.13. The lowest BCUT2D eigenvalue weighted by Crippen LogP contribution is -2.40. The van der Waals surface area contributed by atoms with Gasteiger partial charge in [0.25, 0.3) is 5.91 Å². The van der Waals surface area contributed by atoms with Crippen LogP contribution in [-0.2, 0) is 11.8 Å². The first-order chi connectivity index (χ1) is 9.24. The van der Waals surface area contributed by atoms with Crippen molar-refractivity contribution >= 4 is 17.2 Å². The number of aromatic nitrogens is 3. The van der Waals surface area contributed by atoms with E-state index in [1.165, 1.54) is 11.3 Å². The topological polar surface area (TPSA) is 60.2 Å². The molecule has 0 unspecified atom stereocenters. The lowest BCUT2D eigenvalue weighted by atomic mass is 10.3. The van der Waals surface area contributed by atoms with Gasteiger partial charge in [0, 0.05) is 37.3 Å². The fourth-order valence-corrected chi connectivity index (χ4v) is 2.73. The second-order valence-corrected chi connectivity index (χ2v) is 5.20. The summed E-state index contributed by atoms with van der Waals surface area (Å²) in [6.07, 6.45) is 3.64. The van der Waals surface area contributed by atoms with Gasteiger partial charge >= 0.3 is 0 Å². The Morgan fingerprint density at radius 2 is 2.21 bits per heavy atom. The molecule has 7 heteroatoms. The van der Waals surface area contributed by atoms with E-state index in [4.69, 9.17) is 4.74 Å². The Labute approximate surface area is 114 Å². The highest BCUT2D eigenvalue weighted by atomic mass is 32.1. The van der Waals surface area contributed by atoms with Gasteiger partial charge in [-0.05, 0) is 0 Å². The fourth-order valence-electron chi connectivity index (χ4n) is 1.96. The number of carbonyl (C=O) groups is 1. The Kier molecular flexibility index (Phi) is 3.31. The molecule has 0 aromatic carbocycles. The van der Waals surface area contributed by atoms with Crippen molar-refractivity contribution in [3.63, 3.8) is 0 Å². The summed E-state index contributed by atoms with van der Waals surface area (Å²) in [5, 5.41) is 6.74. The zero-order chi connectivity index (χ0) is 13.2. The quantitative estimate of drug-likeness (QED) is 0.823. The summed E-state index contributed by atoms with van der Waals surface area (Å²) in [6, 6.07) is 0. The summed E-state index contributed by atoms with van der Waals surface area (Å²) in [4.78, 5) is 18.4. The van der Waals surface area contributed by atoms with Crippen LogP contribution in [0.5, 0.6) is 0 Å². The predicted octanol–water partition coefficient (Wildman–Crippen LogP) is 1.02. The van der Waals surface area contributed by atoms with Gasteiger partial charge in [-0.15, -0.1) is 11.3 Å². The molecule has 19 heavy (non-hydrogen) atoms. The second-order valence-electron chi connectivity index (χ2n) is 4.35. The van der Waals surface area contributed by atoms with E-state index in [2.05, 4.69) is 10.1 Å². The van der Waals surface area contributed by atoms with Crippen molar-refractivity contribution < 1.29 is 9.53 Å². The van der Waals surface area contributed by atoms with Gasteiger partial charge in [0.15, 0.2) is 0 Å². The molecule has 0 N–H and O–H groups in total. The molecule has 0 radical (unpaired) electrons. The van der Waals surface area contributed by atoms with E-state index >= 15 is 0 Å². The number of hydrogen-bond donors (Lipinski definition) is 0. The zero-order valence-corrected chi connectivity index (χ0v) is 11.4. The Bertz CT molecular complexity index is 586. The molecule has 1 fully saturated rings. The molecular weight excluding hydrogens is 264 g/mol. The first-order valence-electron chi connectivity index (χ1n) is 6.05. The maximum absolute atomic E-state index is 12.2. The highest BCUT2D eigenvalue weighted by Gasteiger charge is 2.21. The van der Waals surface area contributed by atoms with Gasteiger partial charge in [-0.1, -0.05) is 0 Å². The minimum Gasteiger partial charge on any atom is -0.378 e. The average molecular weight is 278 g/mol. The number of nitrogens with zero attached hydrogens (tertiary/aromatic N) is 4. The SMILES string of the molecule is Cn1cc(-c2nc(C(=O)N3CCOCC3)cs2)cn1. The van der Waals surface area contributed by atoms with Gasteiger partial charge in [0.05, 0.1) is 19.4 Å². The van der Waals surface area contributed by atoms with Crippen LogP contribution in [0.3, 0.4) is 0 Å². The van der Waals surface area contributed by atoms with Crippen LogP contribution in [0.2, 0.25) is 0 Å². The summed E-state index contributed by atoms with van der Waals surface area (Å²) in [5.41, 5.74) is 1.44. The number of amides is 1. The second kappa shape index (κ2) is 5.10. The summed E-state index contributed by atoms with van der Waals surface area (Å²) >= 11 is 1.47. The van der Waals surface area contributed by atoms with Crippen LogP contribution in [0.4, 0.5) is 0 Å². The molecule has 0 atom stereocenters. The summed E-state index contributed by atoms with van der Waals surface area (Å²) in [6.45, 7) is 2.48. The number of hydrogen-bond acceptors (Lipinski definition) is 5. The first-order valence-corrected chi connectivity index (χ1v) is 6.93. The molecule has 6 nitrogen and oxygen atoms in total. The molecule has 2 aromatic heterocycles. The Morgan fingerprint density at radius 1 is 1.42 bits per heavy atom. The van der Waals surface area contributed by atoms with Crippen LogP contribution in [0.25, 0.3) is 10.6 Å². The summed E-state index contributed by atoms with van der Waals surface area (Å²) in [7, 11) is 1.86. The number of aryl methyl sites for hydroxylation is 1. The standard InChI is InChI=1S/C12H14N4O2S/c1-15-7-9(6-13-15)11-14-10(8-19-11)12(17)16-2-4-18-5-3-16/h6-8H,2-5H2,1H3. The van der Waals surface area contributed by atoms with Gasteiger partial charge < -0.3 is 9.64 Å². The molecule has 100 valence electrons. The predicted molar refractivity (Wildman–Crippen MR) is 71.0 cm³/mol. The molecule has 0 bridgehead atoms. The van der Waals surface area contributed by atoms with Crippen LogP contribution in [0, 0.1) is 0 Å². The van der Waals surface area contributed by atoms with Crippen molar-refractivity contribution in [2.75, 3.05) is 26.3 Å². The Balaban J connectivity index is 1.79. The molecule has 1 amide bonds. The van der Waals surface area contributed by atoms with Crippen LogP contribution in [0.15, 0.2) is 17.8 Å². The maximum Gasteiger partial charge on any atom is 0.273 e. The van der Waals surface area contributed by atoms with E-state index < -0.39 is 0 Å². The monoisotopic (exact) mass is 278 g/mol. The lowest BCUT2D eigenvalue weighted by molar-refractivity contribution is 0.0299. The molecule has 3 heterocycles. The molecule has 2 aromatic rings. The van der Waals surface area contributed by atoms with Crippen molar-refractivity contribution in [1.29, 1.82) is 0 Å². The van der Waals surface area contributed by atoms with E-state index in [9.17, 15) is 4.79 Å². The average Bonchev–Trinajstić information content (AvgIpc) is 3.07. The summed E-state index contributed by atoms with van der Waals surface area (Å²) < 4.78 is 6.96. The van der Waals surface area contributed by atoms with Gasteiger partial charge in [-0.25, -0.2) is 4.98 Å². The smallest absolute Gasteiger partial charge is 0.273 e. The lowest BCUT2D eigenvalue weighted by Gasteiger charge is -2.25. The van der Waals surface area contributed by atoms with Crippen molar-refractivity contribution in [3.05, 3.63) is 23.5 Å². The number of morpholine rings is 1. The third-order valence-electron chi connectivity index (χ3n) is 2.97. The van der Waals surface area contributed by atoms with E-state index in [0.29, 0.717) is 32.0 Å². The van der Waals surface area contributed by atoms with Gasteiger partial charge in [-0.3, -0.25) is 9.48 Å². The molecule has 0 spiro atoms. The molecule has 1 aliphatic rings. The van der Waals surface area contributed by atoms with Crippen LogP contribution < -0.4 is 0 Å². The van der Waals surface area contributed by atoms with E-state index in [-0.39, 0.29) is 5.91 Å². The largest absolute Gasteiger partial charge is 0.378 e. The third kappa shape index (κ3) is 2.52. The minimum absolute atomic E-state index is 0.0188. The van der Waals surface area contributed by atoms with Crippen molar-refractivity contribution in [1.82, 2.24) is 19.7 Å². The van der Waals surface area contributed by atoms with E-state index in [1.54, 1.807) is 21.2 Å². The minimum atomic E-state index is -0.0188. The molecule has 0 saturated carbocycles. The van der Waals surface area contributed by atoms with Gasteiger partial charge in [0.2, 0.25) is 0 Å². The van der Waals surface area contributed by atoms with Crippen LogP contribution >= 0.6 is 11.3 Å². The van der Waals surface area contributed by atoms with Crippen LogP contribution in [-0.4, -0.2) is 51.9 Å². The number of rotatable bonds is 2. The molecule has 0 aliphatic carbocycles. The van der Waals surface area contributed by atoms with Crippen molar-refractivity contribution in [2.45, 2.75) is 0 Å². The highest BCUT2D eigenvalue weighted by Crippen LogP contribution is 2.23. The number of thiazole rings is 1. The van der Waals surface area contributed by atoms with Crippen LogP contribution in [0.1, 0.15) is 10.5 Å². The number of ether oxygens (including phenoxy) is 1. The van der Waals surface area contributed by atoms with Crippen molar-refractivity contribution in [2.24, 2.45) is 7.05 Å². The molecular formula is C12H14N4O2S. The Hall–Kier alpha value is -1.73. The molecule has 3 rings (SSSR count). The molecule has 1 saturated heterocycles. The van der Waals surface area contributed by atoms with E-state index in [1.807, 2.05) is 13.2 Å². The third-order valence-corrected chi connectivity index (χ3v) is 3.86. The number of carbonyl (C=O) groups excluding carboxylic acids is 1. The van der Waals surface area contributed by atoms with Gasteiger partial charge in [-0.2, -0.15) is 5.10 Å². The fraction of sp³-hybridized carbons (Fsp3) is 0.417. The van der Waals surface area contributed by atoms with Crippen molar-refractivity contribution in [3.8, 4) is 10.6 Å². The normalized spacial score (nSPS) is 15.7. The van der Waals surface area contributed by atoms with Gasteiger partial charge in [0.1, 0.15) is 10.7 Å². The molecule has 1 aliphatic heterocycles. The zero-order valence-electron chi connectivity index (χ0n) is 10.6. The first kappa shape index (κ1) is 12.3. The van der Waals surface area contributed by atoms with E-state index in [0.717, 1.165) is 10.6 Å². The maximum atomic E-state index is 12.2. The summed E-state index contributed by atoms with van der Waals surface area (Å²) in [5.74, 6) is -0.0188.